The molecule has 2 heterocycles. The molecular weight excluding hydrogens is 458 g/mol. The Morgan fingerprint density at radius 3 is 2.17 bits per heavy atom. The molecule has 3 rings (SSSR count). The highest BCUT2D eigenvalue weighted by Gasteiger charge is 2.53. The van der Waals surface area contributed by atoms with E-state index in [1.54, 1.807) is 37.8 Å². The summed E-state index contributed by atoms with van der Waals surface area (Å²) < 4.78 is 5.48. The van der Waals surface area contributed by atoms with Crippen LogP contribution in [-0.2, 0) is 19.7 Å². The number of ketones is 1. The van der Waals surface area contributed by atoms with E-state index in [0.29, 0.717) is 24.9 Å². The fourth-order valence-electron chi connectivity index (χ4n) is 4.89. The Morgan fingerprint density at radius 2 is 1.64 bits per heavy atom. The number of hydrogen-bond acceptors (Lipinski definition) is 5. The van der Waals surface area contributed by atoms with Gasteiger partial charge < -0.3 is 15.0 Å². The Bertz CT molecular complexity index is 1000. The number of ether oxygens (including phenoxy) is 1. The number of nitrogens with one attached hydrogen (secondary N) is 1. The maximum absolute atomic E-state index is 13.7. The molecule has 2 fully saturated rings. The molecule has 8 heteroatoms. The molecule has 8 nitrogen and oxygen atoms in total. The fourth-order valence-corrected chi connectivity index (χ4v) is 4.89. The van der Waals surface area contributed by atoms with Gasteiger partial charge in [0.15, 0.2) is 5.78 Å². The van der Waals surface area contributed by atoms with E-state index in [4.69, 9.17) is 4.74 Å². The van der Waals surface area contributed by atoms with Gasteiger partial charge in [0.2, 0.25) is 5.91 Å². The minimum Gasteiger partial charge on any atom is -0.444 e. The van der Waals surface area contributed by atoms with Crippen LogP contribution in [-0.4, -0.2) is 70.3 Å². The molecule has 2 aliphatic rings. The van der Waals surface area contributed by atoms with Gasteiger partial charge in [-0.05, 0) is 62.6 Å². The average Bonchev–Trinajstić information content (AvgIpc) is 3.32. The number of rotatable bonds is 5. The summed E-state index contributed by atoms with van der Waals surface area (Å²) in [5, 5.41) is 2.91. The third-order valence-corrected chi connectivity index (χ3v) is 6.66. The largest absolute Gasteiger partial charge is 0.444 e. The minimum atomic E-state index is -0.762. The first kappa shape index (κ1) is 27.7. The maximum Gasteiger partial charge on any atom is 0.411 e. The lowest BCUT2D eigenvalue weighted by molar-refractivity contribution is -0.138. The van der Waals surface area contributed by atoms with Crippen molar-refractivity contribution in [3.8, 4) is 0 Å². The van der Waals surface area contributed by atoms with Crippen molar-refractivity contribution in [1.82, 2.24) is 15.1 Å². The molecule has 0 saturated carbocycles. The molecule has 3 amide bonds. The number of carbonyl (C=O) groups is 4. The van der Waals surface area contributed by atoms with Gasteiger partial charge in [0.25, 0.3) is 5.91 Å². The zero-order valence-corrected chi connectivity index (χ0v) is 22.9. The first-order chi connectivity index (χ1) is 16.6. The molecule has 0 spiro atoms. The summed E-state index contributed by atoms with van der Waals surface area (Å²) in [6.07, 6.45) is 0.406. The molecule has 3 atom stereocenters. The summed E-state index contributed by atoms with van der Waals surface area (Å²) in [7, 11) is 0. The van der Waals surface area contributed by atoms with Crippen molar-refractivity contribution < 1.29 is 23.9 Å². The van der Waals surface area contributed by atoms with Crippen LogP contribution >= 0.6 is 0 Å². The number of likely N-dealkylation sites (tertiary alicyclic amines) is 2. The lowest BCUT2D eigenvalue weighted by Gasteiger charge is -2.29. The van der Waals surface area contributed by atoms with Gasteiger partial charge >= 0.3 is 6.09 Å². The third-order valence-electron chi connectivity index (χ3n) is 6.66. The molecule has 2 saturated heterocycles. The molecular formula is C28H41N3O5. The molecule has 0 bridgehead atoms. The summed E-state index contributed by atoms with van der Waals surface area (Å²) >= 11 is 0. The highest BCUT2D eigenvalue weighted by atomic mass is 16.6. The third kappa shape index (κ3) is 6.26. The number of fused-ring (bicyclic) bond motifs is 1. The van der Waals surface area contributed by atoms with Crippen molar-refractivity contribution in [2.24, 2.45) is 5.92 Å². The Kier molecular flexibility index (Phi) is 7.86. The van der Waals surface area contributed by atoms with Gasteiger partial charge in [0.05, 0.1) is 12.6 Å². The van der Waals surface area contributed by atoms with Crippen LogP contribution in [0.25, 0.3) is 0 Å². The monoisotopic (exact) mass is 499 g/mol. The van der Waals surface area contributed by atoms with Crippen molar-refractivity contribution in [3.05, 3.63) is 35.4 Å². The van der Waals surface area contributed by atoms with Crippen molar-refractivity contribution in [2.45, 2.75) is 97.4 Å². The van der Waals surface area contributed by atoms with Gasteiger partial charge in [-0.1, -0.05) is 46.8 Å². The number of amides is 3. The molecule has 198 valence electrons. The normalized spacial score (nSPS) is 21.0. The van der Waals surface area contributed by atoms with E-state index in [9.17, 15) is 19.2 Å². The standard InChI is InChI=1S/C28H41N3O5/c1-17(2)15-20(29-24(33)18-9-11-19(12-10-18)27(3,4)5)25(34)30-14-13-21-23(30)22(32)16-31(21)26(35)36-28(6,7)8/h9-12,17,20-21,23H,13-16H2,1-8H3,(H,29,33)/t20-,21+,23?/m0/s1. The van der Waals surface area contributed by atoms with Gasteiger partial charge in [-0.15, -0.1) is 0 Å². The van der Waals surface area contributed by atoms with Crippen LogP contribution in [0.3, 0.4) is 0 Å². The van der Waals surface area contributed by atoms with E-state index in [2.05, 4.69) is 26.1 Å². The van der Waals surface area contributed by atoms with Gasteiger partial charge in [0.1, 0.15) is 17.7 Å². The molecule has 0 radical (unpaired) electrons. The Morgan fingerprint density at radius 1 is 1.03 bits per heavy atom. The fraction of sp³-hybridized carbons (Fsp3) is 0.643. The molecule has 0 aromatic heterocycles. The van der Waals surface area contributed by atoms with E-state index >= 15 is 0 Å². The highest BCUT2D eigenvalue weighted by Crippen LogP contribution is 2.32. The lowest BCUT2D eigenvalue weighted by Crippen LogP contribution is -2.53. The topological polar surface area (TPSA) is 96.0 Å². The number of hydrogen-bond donors (Lipinski definition) is 1. The Labute approximate surface area is 214 Å². The van der Waals surface area contributed by atoms with Crippen LogP contribution in [0.2, 0.25) is 0 Å². The summed E-state index contributed by atoms with van der Waals surface area (Å²) in [6, 6.07) is 5.54. The van der Waals surface area contributed by atoms with Crippen LogP contribution in [0.15, 0.2) is 24.3 Å². The number of benzene rings is 1. The number of carbonyl (C=O) groups excluding carboxylic acids is 4. The second-order valence-electron chi connectivity index (χ2n) is 12.4. The van der Waals surface area contributed by atoms with Crippen LogP contribution < -0.4 is 5.32 Å². The molecule has 1 aromatic rings. The van der Waals surface area contributed by atoms with E-state index in [-0.39, 0.29) is 35.5 Å². The Balaban J connectivity index is 1.75. The second-order valence-corrected chi connectivity index (χ2v) is 12.4. The minimum absolute atomic E-state index is 0.0293. The molecule has 2 aliphatic heterocycles. The van der Waals surface area contributed by atoms with Crippen LogP contribution in [0, 0.1) is 5.92 Å². The molecule has 1 unspecified atom stereocenters. The van der Waals surface area contributed by atoms with E-state index in [0.717, 1.165) is 5.56 Å². The van der Waals surface area contributed by atoms with Crippen molar-refractivity contribution in [1.29, 1.82) is 0 Å². The first-order valence-electron chi connectivity index (χ1n) is 12.8. The number of Topliss-reactive ketones (excluding diaryl/α,β-unsaturated/α-hetero) is 1. The van der Waals surface area contributed by atoms with Crippen LogP contribution in [0.1, 0.15) is 84.2 Å². The molecule has 1 aromatic carbocycles. The SMILES string of the molecule is CC(C)C[C@H](NC(=O)c1ccc(C(C)(C)C)cc1)C(=O)N1CC[C@@H]2C1C(=O)CN2C(=O)OC(C)(C)C. The van der Waals surface area contributed by atoms with E-state index in [1.807, 2.05) is 26.0 Å². The van der Waals surface area contributed by atoms with E-state index < -0.39 is 29.8 Å². The summed E-state index contributed by atoms with van der Waals surface area (Å²) in [6.45, 7) is 15.9. The molecule has 1 N–H and O–H groups in total. The zero-order chi connectivity index (χ0) is 27.0. The van der Waals surface area contributed by atoms with Crippen LogP contribution in [0.4, 0.5) is 4.79 Å². The van der Waals surface area contributed by atoms with Crippen molar-refractivity contribution in [2.75, 3.05) is 13.1 Å². The predicted molar refractivity (Wildman–Crippen MR) is 138 cm³/mol. The molecule has 0 aliphatic carbocycles. The van der Waals surface area contributed by atoms with Gasteiger partial charge in [-0.2, -0.15) is 0 Å². The van der Waals surface area contributed by atoms with Crippen LogP contribution in [0.5, 0.6) is 0 Å². The summed E-state index contributed by atoms with van der Waals surface area (Å²) in [4.78, 5) is 55.3. The number of nitrogens with zero attached hydrogens (tertiary/aromatic N) is 2. The predicted octanol–water partition coefficient (Wildman–Crippen LogP) is 3.92. The summed E-state index contributed by atoms with van der Waals surface area (Å²) in [5.74, 6) is -0.629. The second kappa shape index (κ2) is 10.2. The molecule has 36 heavy (non-hydrogen) atoms. The van der Waals surface area contributed by atoms with Gasteiger partial charge in [-0.25, -0.2) is 4.79 Å². The van der Waals surface area contributed by atoms with Gasteiger partial charge in [0, 0.05) is 12.1 Å². The Hall–Kier alpha value is -2.90. The lowest BCUT2D eigenvalue weighted by atomic mass is 9.86. The maximum atomic E-state index is 13.7. The summed E-state index contributed by atoms with van der Waals surface area (Å²) in [5.41, 5.74) is 0.894. The highest BCUT2D eigenvalue weighted by molar-refractivity contribution is 6.00. The van der Waals surface area contributed by atoms with Crippen molar-refractivity contribution in [3.63, 3.8) is 0 Å². The van der Waals surface area contributed by atoms with Crippen molar-refractivity contribution >= 4 is 23.7 Å². The smallest absolute Gasteiger partial charge is 0.411 e. The average molecular weight is 500 g/mol. The zero-order valence-electron chi connectivity index (χ0n) is 22.9. The first-order valence-corrected chi connectivity index (χ1v) is 12.8. The quantitative estimate of drug-likeness (QED) is 0.663. The van der Waals surface area contributed by atoms with E-state index in [1.165, 1.54) is 4.90 Å². The van der Waals surface area contributed by atoms with Gasteiger partial charge in [-0.3, -0.25) is 19.3 Å².